The highest BCUT2D eigenvalue weighted by Crippen LogP contribution is 2.39. The summed E-state index contributed by atoms with van der Waals surface area (Å²) >= 11 is 11.5. The number of amides is 2. The third-order valence-corrected chi connectivity index (χ3v) is 18.9. The standard InChI is InChI=1S/C32H17N3O5.C31H15N3O5.C11H13ClFN5O2.C11H16N4O3.C10H11ClFN5O2.40H2/c1-3-5-6-7-8-9-10-11-12-13-14-15-16-17-18-19-20-21-22-23-28(36)33-27-24-25-35(32(39)34-27)31-30(38)29(37)26(4-2)40-31;1-3-4-5-6-7-8-9-10-11-12-13-14-15-16-17-18-19-20-21-22-27(35)32-26-23-24-34(31(38)33-26)30-29(37)28(36)25(2)39-30;1-2-4-7(19)5(13)10(20-4)18-3-15-6-8(14)16-11(12)17-9(6)18;1-6-7(16)2-9(18-6)15-5-14-10-8(17)3-12-4-13-11(10)15;1-3-6(18)4(12)9(19-3)17-2-14-5-7(13)15-10(11)16-8(5)17;;;;;;;;;;;;;;;;;;;;;;;;;;;;;;;;;;;;;;;;/h24-26,29-31,37-38H,4H2,1-2H3,(H,33,34,36,39);23-25,28-30,36-37H,1-2H3,(H,32,33,35,38);3-5,7,10,19H,2H2,1H3,(H2,14,16,17);4-9,16-17H,2-3H2,1H3,(H,12,13);2-4,6,9,18H,1H3,(H2,13,15,16);40*1H/t26-,29-,30+,31-;25-,28-,29+,30-;4-,5+,7-,10-;6-,7+,8-,9-;3-,4+,6-,9-;;;;;;;;;;;;;;;;;;;;;;;;;;;;;;;;;;;;;;;;/m11111......................................../s1. The lowest BCUT2D eigenvalue weighted by Crippen LogP contribution is -2.35. The van der Waals surface area contributed by atoms with Gasteiger partial charge in [-0.2, -0.15) is 29.9 Å². The molecule has 41 heteroatoms. The Balaban J connectivity index is -0.0000000478. The van der Waals surface area contributed by atoms with Gasteiger partial charge in [0, 0.05) is 111 Å². The first-order valence-electron chi connectivity index (χ1n) is 39.9. The Morgan fingerprint density at radius 2 is 0.816 bits per heavy atom. The number of aromatic nitrogens is 14. The van der Waals surface area contributed by atoms with E-state index in [2.05, 4.69) is 303 Å². The first kappa shape index (κ1) is 103. The van der Waals surface area contributed by atoms with E-state index in [0.29, 0.717) is 48.4 Å². The number of fused-ring (bicyclic) bond motifs is 3. The van der Waals surface area contributed by atoms with Gasteiger partial charge in [0.05, 0.1) is 68.5 Å². The first-order valence-corrected chi connectivity index (χ1v) is 40.6. The molecule has 0 aliphatic carbocycles. The van der Waals surface area contributed by atoms with Gasteiger partial charge in [-0.1, -0.05) is 25.7 Å². The molecule has 7 aromatic heterocycles. The monoisotopic (exact) mass is 1950 g/mol. The fourth-order valence-corrected chi connectivity index (χ4v) is 12.4. The number of carbonyl (C=O) groups is 2. The largest absolute Gasteiger partial charge is 0.390 e. The fourth-order valence-electron chi connectivity index (χ4n) is 12.1. The van der Waals surface area contributed by atoms with Crippen LogP contribution in [0.5, 0.6) is 0 Å². The van der Waals surface area contributed by atoms with Crippen molar-refractivity contribution in [2.45, 2.75) is 191 Å². The van der Waals surface area contributed by atoms with Gasteiger partial charge < -0.3 is 81.3 Å². The van der Waals surface area contributed by atoms with E-state index in [9.17, 15) is 68.8 Å². The Morgan fingerprint density at radius 1 is 0.456 bits per heavy atom. The number of rotatable bonds is 9. The third kappa shape index (κ3) is 29.1. The van der Waals surface area contributed by atoms with E-state index in [1.165, 1.54) is 46.3 Å². The number of alkyl halides is 2. The van der Waals surface area contributed by atoms with Crippen LogP contribution in [0.3, 0.4) is 0 Å². The predicted octanol–water partition coefficient (Wildman–Crippen LogP) is 9.76. The lowest BCUT2D eigenvalue weighted by atomic mass is 10.1. The van der Waals surface area contributed by atoms with Crippen molar-refractivity contribution in [1.29, 1.82) is 0 Å². The number of nitrogen functional groups attached to an aromatic ring is 2. The number of nitrogens with one attached hydrogen (secondary N) is 3. The zero-order valence-electron chi connectivity index (χ0n) is 72.1. The smallest absolute Gasteiger partial charge is 0.351 e. The van der Waals surface area contributed by atoms with E-state index in [1.54, 1.807) is 51.9 Å². The summed E-state index contributed by atoms with van der Waals surface area (Å²) in [5.74, 6) is 97.3. The summed E-state index contributed by atoms with van der Waals surface area (Å²) in [7, 11) is 0. The van der Waals surface area contributed by atoms with Gasteiger partial charge in [-0.3, -0.25) is 48.1 Å². The maximum absolute atomic E-state index is 14.2. The molecule has 15 N–H and O–H groups in total. The van der Waals surface area contributed by atoms with Crippen LogP contribution >= 0.6 is 23.2 Å². The van der Waals surface area contributed by atoms with Crippen LogP contribution in [-0.4, -0.2) is 219 Å². The summed E-state index contributed by atoms with van der Waals surface area (Å²) in [5.41, 5.74) is 11.5. The Kier molecular flexibility index (Phi) is 39.6. The minimum Gasteiger partial charge on any atom is -0.390 e. The number of imidazole rings is 3. The summed E-state index contributed by atoms with van der Waals surface area (Å²) in [4.78, 5) is 87.5. The van der Waals surface area contributed by atoms with Gasteiger partial charge in [0.25, 0.3) is 0 Å². The van der Waals surface area contributed by atoms with Crippen molar-refractivity contribution in [1.82, 2.24) is 67.7 Å². The van der Waals surface area contributed by atoms with E-state index in [4.69, 9.17) is 58.4 Å². The number of nitrogens with zero attached hydrogens (tertiary/aromatic N) is 15. The molecule has 136 heavy (non-hydrogen) atoms. The second kappa shape index (κ2) is 52.3. The molecule has 0 spiro atoms. The number of aliphatic hydroxyl groups excluding tert-OH is 8. The average molecular weight is 1960 g/mol. The molecule has 13 rings (SSSR count). The van der Waals surface area contributed by atoms with Crippen LogP contribution in [0.4, 0.5) is 37.9 Å². The van der Waals surface area contributed by atoms with Crippen LogP contribution in [-0.2, 0) is 33.3 Å². The SMILES string of the molecule is CC#CC#CC#CC#CC#CC#CC#CC#CC#CC#CC(=O)Nc1ccn([C@@H]2O[C@H](C)[C@@H](O)[C@@H]2O)c(=O)n1.CC#CC#CC#CC#CC#CC#CC#CC#CC#CC#CC(=O)Nc1ccn([C@@H]2O[C@H](CC)[C@@H](O)[C@@H]2O)c(=O)n1.CC[C@H]1O[C@@H](n2cnc3c(N)nc(Cl)nc32)[C@@H](F)[C@@H]1O.C[C@H]1O[C@@H](n2cnc3c(N)nc(Cl)nc32)[C@@H](F)[C@@H]1O.C[C@H]1O[C@@H](n2cnc3c2NC=NC[C@H]3O)C[C@@H]1O.[HH].[HH].[HH].[HH].[HH].[HH].[HH].[HH].[HH].[HH].[HH].[HH].[HH].[HH].[HH].[HH].[HH].[HH].[HH].[HH].[HH].[HH].[HH].[HH].[HH].[HH].[HH].[HH].[HH].[HH].[HH].[HH].[HH].[HH].[HH].[HH].[HH].[HH].[HH].[HH]. The highest BCUT2D eigenvalue weighted by molar-refractivity contribution is 6.29. The van der Waals surface area contributed by atoms with Crippen molar-refractivity contribution in [3.63, 3.8) is 0 Å². The van der Waals surface area contributed by atoms with Gasteiger partial charge in [0.1, 0.15) is 83.1 Å². The Bertz CT molecular complexity index is 7450. The molecule has 7 aromatic rings. The molecule has 0 saturated carbocycles. The first-order chi connectivity index (χ1) is 65.6. The van der Waals surface area contributed by atoms with Gasteiger partial charge in [-0.05, 0) is 272 Å². The van der Waals surface area contributed by atoms with Crippen LogP contribution < -0.4 is 38.8 Å². The van der Waals surface area contributed by atoms with E-state index < -0.39 is 134 Å². The number of ether oxygens (including phenoxy) is 5. The van der Waals surface area contributed by atoms with E-state index >= 15 is 0 Å². The maximum Gasteiger partial charge on any atom is 0.351 e. The Labute approximate surface area is 845 Å². The summed E-state index contributed by atoms with van der Waals surface area (Å²) in [6.07, 6.45) is -8.80. The number of carbonyl (C=O) groups excluding carboxylic acids is 2. The molecule has 0 radical (unpaired) electrons. The second-order valence-corrected chi connectivity index (χ2v) is 28.1. The predicted molar refractivity (Wildman–Crippen MR) is 573 cm³/mol. The van der Waals surface area contributed by atoms with Crippen LogP contribution in [0, 0.1) is 237 Å². The topological polar surface area (TPSA) is 517 Å². The van der Waals surface area contributed by atoms with Crippen LogP contribution in [0.2, 0.25) is 10.6 Å². The lowest BCUT2D eigenvalue weighted by molar-refractivity contribution is -0.112. The molecular formula is C95H152Cl2F2N20O17. The quantitative estimate of drug-likeness (QED) is 0.0472. The molecule has 0 unspecified atom stereocenters. The average Bonchev–Trinajstić information content (AvgIpc) is 1.62. The van der Waals surface area contributed by atoms with E-state index in [1.807, 2.05) is 13.8 Å². The minimum atomic E-state index is -1.58. The summed E-state index contributed by atoms with van der Waals surface area (Å²) in [6.45, 7) is 12.2. The summed E-state index contributed by atoms with van der Waals surface area (Å²) < 4.78 is 62.2. The number of aliphatic imine (C=N–C) groups is 1. The van der Waals surface area contributed by atoms with Crippen molar-refractivity contribution >= 4 is 92.8 Å². The van der Waals surface area contributed by atoms with Gasteiger partial charge in [0.2, 0.25) is 10.6 Å². The number of halogens is 4. The summed E-state index contributed by atoms with van der Waals surface area (Å²) in [6, 6.07) is 2.65. The second-order valence-electron chi connectivity index (χ2n) is 27.4. The van der Waals surface area contributed by atoms with Crippen LogP contribution in [0.1, 0.15) is 168 Å². The Morgan fingerprint density at radius 3 is 1.18 bits per heavy atom. The third-order valence-electron chi connectivity index (χ3n) is 18.5. The van der Waals surface area contributed by atoms with E-state index in [-0.39, 0.29) is 115 Å². The molecule has 0 bridgehead atoms. The van der Waals surface area contributed by atoms with Crippen molar-refractivity contribution in [2.24, 2.45) is 4.99 Å². The molecule has 6 aliphatic heterocycles. The van der Waals surface area contributed by atoms with Crippen molar-refractivity contribution in [3.8, 4) is 237 Å². The number of anilines is 5. The zero-order valence-corrected chi connectivity index (χ0v) is 73.6. The molecule has 0 aromatic carbocycles. The van der Waals surface area contributed by atoms with Gasteiger partial charge in [-0.25, -0.2) is 33.3 Å². The molecule has 5 fully saturated rings. The lowest BCUT2D eigenvalue weighted by Gasteiger charge is -2.17. The molecular weight excluding hydrogens is 1800 g/mol. The van der Waals surface area contributed by atoms with Gasteiger partial charge in [-0.15, -0.1) is 0 Å². The molecule has 20 atom stereocenters. The van der Waals surface area contributed by atoms with Crippen molar-refractivity contribution < 1.29 is 140 Å². The number of aliphatic hydroxyl groups is 8. The molecule has 2 amide bonds. The Hall–Kier alpha value is -16.8. The van der Waals surface area contributed by atoms with Gasteiger partial charge in [0.15, 0.2) is 60.2 Å². The molecule has 762 valence electrons. The van der Waals surface area contributed by atoms with E-state index in [0.717, 1.165) is 9.13 Å². The van der Waals surface area contributed by atoms with Gasteiger partial charge >= 0.3 is 23.2 Å². The van der Waals surface area contributed by atoms with Crippen molar-refractivity contribution in [3.05, 3.63) is 80.7 Å². The highest BCUT2D eigenvalue weighted by atomic mass is 35.5. The molecule has 5 saturated heterocycles. The zero-order chi connectivity index (χ0) is 98.2. The molecule has 13 heterocycles. The molecule has 6 aliphatic rings. The fraction of sp³-hybridized carbons (Fsp3) is 0.326. The number of hydrogen-bond acceptors (Lipinski definition) is 30. The molecule has 37 nitrogen and oxygen atoms in total. The van der Waals surface area contributed by atoms with Crippen LogP contribution in [0.15, 0.2) is 58.1 Å². The normalized spacial score (nSPS) is 23.2. The minimum absolute atomic E-state index is 0. The number of nitrogens with two attached hydrogens (primary N) is 2. The highest BCUT2D eigenvalue weighted by Gasteiger charge is 2.47. The maximum atomic E-state index is 14.2. The van der Waals surface area contributed by atoms with Crippen molar-refractivity contribution in [2.75, 3.05) is 34.0 Å². The number of hydrogen-bond donors (Lipinski definition) is 13. The van der Waals surface area contributed by atoms with Crippen LogP contribution in [0.25, 0.3) is 22.3 Å². The summed E-state index contributed by atoms with van der Waals surface area (Å²) in [5, 5.41) is 86.4.